The molecule has 0 aliphatic carbocycles. The van der Waals surface area contributed by atoms with Crippen LogP contribution >= 0.6 is 0 Å². The third kappa shape index (κ3) is 5.73. The average Bonchev–Trinajstić information content (AvgIpc) is 3.03. The van der Waals surface area contributed by atoms with Crippen molar-refractivity contribution in [1.29, 1.82) is 0 Å². The van der Waals surface area contributed by atoms with Gasteiger partial charge < -0.3 is 24.5 Å². The molecule has 27 heavy (non-hydrogen) atoms. The predicted octanol–water partition coefficient (Wildman–Crippen LogP) is 2.65. The van der Waals surface area contributed by atoms with Crippen LogP contribution in [0.3, 0.4) is 0 Å². The van der Waals surface area contributed by atoms with Gasteiger partial charge in [0.05, 0.1) is 20.2 Å². The lowest BCUT2D eigenvalue weighted by Crippen LogP contribution is -2.41. The molecule has 0 radical (unpaired) electrons. The van der Waals surface area contributed by atoms with E-state index in [4.69, 9.17) is 13.9 Å². The van der Waals surface area contributed by atoms with Crippen LogP contribution in [0.1, 0.15) is 28.8 Å². The minimum Gasteiger partial charge on any atom is -0.486 e. The second kappa shape index (κ2) is 9.61. The third-order valence-electron chi connectivity index (χ3n) is 3.75. The molecule has 0 spiro atoms. The molecular formula is C19H24FN3O4. The van der Waals surface area contributed by atoms with Crippen LogP contribution in [0.25, 0.3) is 0 Å². The van der Waals surface area contributed by atoms with Crippen molar-refractivity contribution in [2.24, 2.45) is 4.99 Å². The fourth-order valence-electron chi connectivity index (χ4n) is 2.37. The van der Waals surface area contributed by atoms with E-state index in [2.05, 4.69) is 15.6 Å². The molecule has 2 N–H and O–H groups in total. The summed E-state index contributed by atoms with van der Waals surface area (Å²) in [6.07, 6.45) is -0.280. The van der Waals surface area contributed by atoms with Crippen molar-refractivity contribution < 1.29 is 23.1 Å². The number of benzene rings is 1. The van der Waals surface area contributed by atoms with Crippen molar-refractivity contribution in [3.8, 4) is 5.75 Å². The molecule has 1 atom stereocenters. The topological polar surface area (TPSA) is 85.1 Å². The SMILES string of the molecule is CN=C(NCc1cc(C(=O)OC)c(C)o1)NCC(C)Oc1ccccc1F. The highest BCUT2D eigenvalue weighted by Crippen LogP contribution is 2.17. The van der Waals surface area contributed by atoms with Gasteiger partial charge in [0.1, 0.15) is 23.2 Å². The predicted molar refractivity (Wildman–Crippen MR) is 99.5 cm³/mol. The molecule has 1 aromatic heterocycles. The molecular weight excluding hydrogens is 353 g/mol. The largest absolute Gasteiger partial charge is 0.486 e. The number of halogens is 1. The van der Waals surface area contributed by atoms with Gasteiger partial charge in [0.15, 0.2) is 17.5 Å². The van der Waals surface area contributed by atoms with Crippen LogP contribution in [0.4, 0.5) is 4.39 Å². The Morgan fingerprint density at radius 3 is 2.74 bits per heavy atom. The average molecular weight is 377 g/mol. The van der Waals surface area contributed by atoms with Crippen LogP contribution in [0.5, 0.6) is 5.75 Å². The summed E-state index contributed by atoms with van der Waals surface area (Å²) in [5.74, 6) is 0.953. The number of nitrogens with zero attached hydrogens (tertiary/aromatic N) is 1. The second-order valence-corrected chi connectivity index (χ2v) is 5.84. The van der Waals surface area contributed by atoms with Gasteiger partial charge >= 0.3 is 5.97 Å². The molecule has 146 valence electrons. The second-order valence-electron chi connectivity index (χ2n) is 5.84. The Morgan fingerprint density at radius 1 is 1.33 bits per heavy atom. The fourth-order valence-corrected chi connectivity index (χ4v) is 2.37. The van der Waals surface area contributed by atoms with Gasteiger partial charge in [0.25, 0.3) is 0 Å². The summed E-state index contributed by atoms with van der Waals surface area (Å²) < 4.78 is 29.4. The molecule has 2 aromatic rings. The van der Waals surface area contributed by atoms with Crippen molar-refractivity contribution in [3.05, 3.63) is 53.2 Å². The van der Waals surface area contributed by atoms with Crippen molar-refractivity contribution in [1.82, 2.24) is 10.6 Å². The van der Waals surface area contributed by atoms with Gasteiger partial charge in [-0.05, 0) is 32.0 Å². The van der Waals surface area contributed by atoms with E-state index in [1.807, 2.05) is 6.92 Å². The fraction of sp³-hybridized carbons (Fsp3) is 0.368. The number of esters is 1. The minimum atomic E-state index is -0.441. The lowest BCUT2D eigenvalue weighted by molar-refractivity contribution is 0.0599. The van der Waals surface area contributed by atoms with E-state index in [-0.39, 0.29) is 11.9 Å². The number of carbonyl (C=O) groups is 1. The molecule has 0 saturated heterocycles. The molecule has 0 fully saturated rings. The molecule has 0 amide bonds. The van der Waals surface area contributed by atoms with Crippen molar-refractivity contribution >= 4 is 11.9 Å². The van der Waals surface area contributed by atoms with Crippen molar-refractivity contribution in [2.45, 2.75) is 26.5 Å². The smallest absolute Gasteiger partial charge is 0.341 e. The lowest BCUT2D eigenvalue weighted by atomic mass is 10.2. The normalized spacial score (nSPS) is 12.4. The van der Waals surface area contributed by atoms with Crippen LogP contribution in [0.2, 0.25) is 0 Å². The van der Waals surface area contributed by atoms with Gasteiger partial charge in [-0.1, -0.05) is 12.1 Å². The molecule has 2 rings (SSSR count). The number of rotatable bonds is 7. The molecule has 0 saturated carbocycles. The molecule has 0 aliphatic heterocycles. The summed E-state index contributed by atoms with van der Waals surface area (Å²) in [7, 11) is 2.95. The number of furan rings is 1. The number of aliphatic imine (C=N–C) groups is 1. The molecule has 0 aliphatic rings. The highest BCUT2D eigenvalue weighted by atomic mass is 19.1. The summed E-state index contributed by atoms with van der Waals surface area (Å²) in [5, 5.41) is 6.17. The van der Waals surface area contributed by atoms with Gasteiger partial charge in [-0.25, -0.2) is 9.18 Å². The Kier molecular flexibility index (Phi) is 7.22. The molecule has 8 heteroatoms. The maximum absolute atomic E-state index is 13.6. The quantitative estimate of drug-likeness (QED) is 0.438. The number of hydrogen-bond acceptors (Lipinski definition) is 5. The Balaban J connectivity index is 1.84. The first-order chi connectivity index (χ1) is 12.9. The number of ether oxygens (including phenoxy) is 2. The summed E-state index contributed by atoms with van der Waals surface area (Å²) in [6.45, 7) is 4.27. The number of carbonyl (C=O) groups excluding carboxylic acids is 1. The third-order valence-corrected chi connectivity index (χ3v) is 3.75. The summed E-state index contributed by atoms with van der Waals surface area (Å²) >= 11 is 0. The molecule has 1 unspecified atom stereocenters. The van der Waals surface area contributed by atoms with E-state index in [1.54, 1.807) is 38.2 Å². The zero-order valence-corrected chi connectivity index (χ0v) is 15.8. The van der Waals surface area contributed by atoms with Crippen LogP contribution in [-0.4, -0.2) is 38.7 Å². The van der Waals surface area contributed by atoms with Crippen molar-refractivity contribution in [3.63, 3.8) is 0 Å². The number of methoxy groups -OCH3 is 1. The highest BCUT2D eigenvalue weighted by molar-refractivity contribution is 5.90. The van der Waals surface area contributed by atoms with Crippen LogP contribution in [-0.2, 0) is 11.3 Å². The van der Waals surface area contributed by atoms with Gasteiger partial charge in [-0.2, -0.15) is 0 Å². The zero-order chi connectivity index (χ0) is 19.8. The summed E-state index contributed by atoms with van der Waals surface area (Å²) in [4.78, 5) is 15.7. The Bertz CT molecular complexity index is 804. The maximum atomic E-state index is 13.6. The number of aryl methyl sites for hydroxylation is 1. The maximum Gasteiger partial charge on any atom is 0.341 e. The van der Waals surface area contributed by atoms with Gasteiger partial charge in [-0.3, -0.25) is 4.99 Å². The first kappa shape index (κ1) is 20.3. The van der Waals surface area contributed by atoms with Gasteiger partial charge in [-0.15, -0.1) is 0 Å². The molecule has 1 heterocycles. The molecule has 7 nitrogen and oxygen atoms in total. The van der Waals surface area contributed by atoms with E-state index in [9.17, 15) is 9.18 Å². The van der Waals surface area contributed by atoms with E-state index in [0.29, 0.717) is 36.1 Å². The van der Waals surface area contributed by atoms with Crippen molar-refractivity contribution in [2.75, 3.05) is 20.7 Å². The van der Waals surface area contributed by atoms with E-state index in [0.717, 1.165) is 0 Å². The monoisotopic (exact) mass is 377 g/mol. The number of hydrogen-bond donors (Lipinski definition) is 2. The Morgan fingerprint density at radius 2 is 2.07 bits per heavy atom. The number of guanidine groups is 1. The van der Waals surface area contributed by atoms with E-state index >= 15 is 0 Å². The van der Waals surface area contributed by atoms with E-state index < -0.39 is 11.8 Å². The number of para-hydroxylation sites is 1. The van der Waals surface area contributed by atoms with Crippen LogP contribution < -0.4 is 15.4 Å². The summed E-state index contributed by atoms with van der Waals surface area (Å²) in [6, 6.07) is 7.89. The zero-order valence-electron chi connectivity index (χ0n) is 15.8. The van der Waals surface area contributed by atoms with E-state index in [1.165, 1.54) is 13.2 Å². The van der Waals surface area contributed by atoms with Gasteiger partial charge in [0.2, 0.25) is 0 Å². The van der Waals surface area contributed by atoms with Crippen LogP contribution in [0.15, 0.2) is 39.7 Å². The first-order valence-corrected chi connectivity index (χ1v) is 8.48. The first-order valence-electron chi connectivity index (χ1n) is 8.48. The molecule has 1 aromatic carbocycles. The van der Waals surface area contributed by atoms with Crippen LogP contribution in [0, 0.1) is 12.7 Å². The Hall–Kier alpha value is -3.03. The summed E-state index contributed by atoms with van der Waals surface area (Å²) in [5.41, 5.74) is 0.393. The highest BCUT2D eigenvalue weighted by Gasteiger charge is 2.15. The minimum absolute atomic E-state index is 0.205. The Labute approximate surface area is 157 Å². The van der Waals surface area contributed by atoms with Gasteiger partial charge in [0, 0.05) is 7.05 Å². The lowest BCUT2D eigenvalue weighted by Gasteiger charge is -2.17. The standard InChI is InChI=1S/C19H24FN3O4/c1-12(26-17-8-6-5-7-16(17)20)10-22-19(21-3)23-11-14-9-15(13(2)27-14)18(24)25-4/h5-9,12H,10-11H2,1-4H3,(H2,21,22,23). The molecule has 0 bridgehead atoms. The number of nitrogens with one attached hydrogen (secondary N) is 2.